The topological polar surface area (TPSA) is 63.4 Å². The number of aromatic nitrogens is 3. The predicted molar refractivity (Wildman–Crippen MR) is 136 cm³/mol. The Balaban J connectivity index is 1.41. The van der Waals surface area contributed by atoms with Gasteiger partial charge < -0.3 is 9.47 Å². The van der Waals surface area contributed by atoms with E-state index in [1.807, 2.05) is 19.3 Å². The van der Waals surface area contributed by atoms with E-state index in [2.05, 4.69) is 36.0 Å². The molecule has 4 aromatic rings. The van der Waals surface area contributed by atoms with Crippen molar-refractivity contribution >= 4 is 26.6 Å². The summed E-state index contributed by atoms with van der Waals surface area (Å²) in [5, 5.41) is 5.48. The molecule has 1 aliphatic rings. The van der Waals surface area contributed by atoms with Gasteiger partial charge in [0.05, 0.1) is 22.3 Å². The maximum Gasteiger partial charge on any atom is 0.244 e. The van der Waals surface area contributed by atoms with Crippen LogP contribution in [0.3, 0.4) is 0 Å². The van der Waals surface area contributed by atoms with Crippen LogP contribution < -0.4 is 4.90 Å². The van der Waals surface area contributed by atoms with Crippen molar-refractivity contribution in [2.75, 3.05) is 24.5 Å². The summed E-state index contributed by atoms with van der Waals surface area (Å²) in [4.78, 5) is 2.61. The van der Waals surface area contributed by atoms with Crippen LogP contribution in [-0.2, 0) is 17.1 Å². The fourth-order valence-electron chi connectivity index (χ4n) is 4.90. The van der Waals surface area contributed by atoms with Crippen LogP contribution in [-0.4, -0.2) is 52.7 Å². The molecule has 0 aliphatic carbocycles. The molecule has 0 bridgehead atoms. The highest BCUT2D eigenvalue weighted by atomic mass is 32.2. The van der Waals surface area contributed by atoms with Crippen molar-refractivity contribution in [1.82, 2.24) is 18.7 Å². The maximum atomic E-state index is 13.4. The number of halogens is 1. The summed E-state index contributed by atoms with van der Waals surface area (Å²) in [6.45, 7) is 5.92. The zero-order valence-electron chi connectivity index (χ0n) is 20.2. The van der Waals surface area contributed by atoms with E-state index in [9.17, 15) is 12.8 Å². The minimum atomic E-state index is -3.56. The summed E-state index contributed by atoms with van der Waals surface area (Å²) in [6, 6.07) is 14.0. The molecular weight excluding hydrogens is 465 g/mol. The van der Waals surface area contributed by atoms with Gasteiger partial charge in [-0.2, -0.15) is 9.40 Å². The Kier molecular flexibility index (Phi) is 6.14. The third-order valence-electron chi connectivity index (χ3n) is 6.57. The largest absolute Gasteiger partial charge is 0.369 e. The third kappa shape index (κ3) is 4.58. The lowest BCUT2D eigenvalue weighted by molar-refractivity contribution is 0.256. The third-order valence-corrected chi connectivity index (χ3v) is 8.51. The van der Waals surface area contributed by atoms with Crippen LogP contribution in [0, 0.1) is 11.7 Å². The van der Waals surface area contributed by atoms with Crippen molar-refractivity contribution in [3.05, 3.63) is 72.9 Å². The molecule has 184 valence electrons. The molecule has 1 atom stereocenters. The molecule has 5 rings (SSSR count). The highest BCUT2D eigenvalue weighted by Crippen LogP contribution is 2.30. The van der Waals surface area contributed by atoms with E-state index in [4.69, 9.17) is 0 Å². The molecular formula is C26H30FN5O2S. The quantitative estimate of drug-likeness (QED) is 0.397. The highest BCUT2D eigenvalue weighted by Gasteiger charge is 2.37. The van der Waals surface area contributed by atoms with Crippen molar-refractivity contribution in [3.8, 4) is 5.69 Å². The van der Waals surface area contributed by atoms with E-state index in [-0.39, 0.29) is 11.9 Å². The number of sulfonamides is 1. The molecule has 9 heteroatoms. The van der Waals surface area contributed by atoms with Crippen LogP contribution in [0.15, 0.2) is 72.0 Å². The first-order chi connectivity index (χ1) is 16.7. The molecule has 2 aromatic heterocycles. The number of fused-ring (bicyclic) bond motifs is 1. The second kappa shape index (κ2) is 9.13. The Morgan fingerprint density at radius 2 is 1.80 bits per heavy atom. The van der Waals surface area contributed by atoms with Gasteiger partial charge in [-0.05, 0) is 60.9 Å². The Bertz CT molecular complexity index is 1440. The molecule has 35 heavy (non-hydrogen) atoms. The number of hydrogen-bond acceptors (Lipinski definition) is 4. The fraction of sp³-hybridized carbons (Fsp3) is 0.346. The smallest absolute Gasteiger partial charge is 0.244 e. The minimum absolute atomic E-state index is 0.119. The number of hydrogen-bond donors (Lipinski definition) is 0. The first-order valence-corrected chi connectivity index (χ1v) is 13.3. The lowest BCUT2D eigenvalue weighted by atomic mass is 10.0. The Hall–Kier alpha value is -3.17. The van der Waals surface area contributed by atoms with Crippen LogP contribution >= 0.6 is 0 Å². The molecule has 1 fully saturated rings. The van der Waals surface area contributed by atoms with Crippen molar-refractivity contribution in [2.24, 2.45) is 13.0 Å². The Labute approximate surface area is 205 Å². The lowest BCUT2D eigenvalue weighted by Gasteiger charge is -2.42. The zero-order chi connectivity index (χ0) is 24.7. The van der Waals surface area contributed by atoms with Gasteiger partial charge in [0.2, 0.25) is 10.0 Å². The van der Waals surface area contributed by atoms with Crippen LogP contribution in [0.5, 0.6) is 0 Å². The summed E-state index contributed by atoms with van der Waals surface area (Å²) in [7, 11) is -1.73. The standard InChI is InChI=1S/C26H30FN5O2S/c1-19(2)14-24-17-30(12-13-31(24)35(33,34)25-10-11-29(3)18-25)23-8-9-26-20(15-23)16-28-32(26)22-6-4-21(27)5-7-22/h4-11,15-16,18-19,24H,12-14,17H2,1-3H3/t24-/m1/s1. The monoisotopic (exact) mass is 495 g/mol. The normalized spacial score (nSPS) is 17.5. The SMILES string of the molecule is CC(C)C[C@@H]1CN(c2ccc3c(cnn3-c3ccc(F)cc3)c2)CCN1S(=O)(=O)c1ccn(C)c1. The molecule has 1 saturated heterocycles. The van der Waals surface area contributed by atoms with Crippen LogP contribution in [0.25, 0.3) is 16.6 Å². The molecule has 7 nitrogen and oxygen atoms in total. The molecule has 0 N–H and O–H groups in total. The first-order valence-electron chi connectivity index (χ1n) is 11.8. The van der Waals surface area contributed by atoms with Crippen LogP contribution in [0.4, 0.5) is 10.1 Å². The molecule has 1 aliphatic heterocycles. The lowest BCUT2D eigenvalue weighted by Crippen LogP contribution is -2.55. The summed E-state index contributed by atoms with van der Waals surface area (Å²) < 4.78 is 45.4. The molecule has 0 amide bonds. The van der Waals surface area contributed by atoms with Gasteiger partial charge in [0.15, 0.2) is 0 Å². The van der Waals surface area contributed by atoms with Gasteiger partial charge in [-0.15, -0.1) is 0 Å². The summed E-state index contributed by atoms with van der Waals surface area (Å²) in [5.41, 5.74) is 2.77. The summed E-state index contributed by atoms with van der Waals surface area (Å²) in [6.07, 6.45) is 6.03. The molecule has 0 spiro atoms. The fourth-order valence-corrected chi connectivity index (χ4v) is 6.57. The van der Waals surface area contributed by atoms with Gasteiger partial charge in [0.1, 0.15) is 5.82 Å². The minimum Gasteiger partial charge on any atom is -0.369 e. The van der Waals surface area contributed by atoms with Gasteiger partial charge in [0.25, 0.3) is 0 Å². The second-order valence-electron chi connectivity index (χ2n) is 9.63. The average Bonchev–Trinajstić information content (AvgIpc) is 3.45. The summed E-state index contributed by atoms with van der Waals surface area (Å²) >= 11 is 0. The average molecular weight is 496 g/mol. The van der Waals surface area contributed by atoms with Crippen molar-refractivity contribution in [1.29, 1.82) is 0 Å². The molecule has 2 aromatic carbocycles. The molecule has 0 unspecified atom stereocenters. The zero-order valence-corrected chi connectivity index (χ0v) is 21.0. The number of rotatable bonds is 6. The van der Waals surface area contributed by atoms with Crippen LogP contribution in [0.1, 0.15) is 20.3 Å². The van der Waals surface area contributed by atoms with E-state index in [1.54, 1.807) is 44.1 Å². The van der Waals surface area contributed by atoms with E-state index < -0.39 is 10.0 Å². The van der Waals surface area contributed by atoms with Gasteiger partial charge in [0, 0.05) is 56.2 Å². The highest BCUT2D eigenvalue weighted by molar-refractivity contribution is 7.89. The number of nitrogens with zero attached hydrogens (tertiary/aromatic N) is 5. The predicted octanol–water partition coefficient (Wildman–Crippen LogP) is 4.43. The van der Waals surface area contributed by atoms with Gasteiger partial charge in [-0.1, -0.05) is 13.8 Å². The van der Waals surface area contributed by atoms with Gasteiger partial charge in [-0.3, -0.25) is 0 Å². The van der Waals surface area contributed by atoms with Crippen molar-refractivity contribution < 1.29 is 12.8 Å². The van der Waals surface area contributed by atoms with Crippen molar-refractivity contribution in [2.45, 2.75) is 31.2 Å². The maximum absolute atomic E-state index is 13.4. The molecule has 0 radical (unpaired) electrons. The van der Waals surface area contributed by atoms with E-state index >= 15 is 0 Å². The Morgan fingerprint density at radius 1 is 1.06 bits per heavy atom. The van der Waals surface area contributed by atoms with Gasteiger partial charge in [-0.25, -0.2) is 17.5 Å². The van der Waals surface area contributed by atoms with Crippen LogP contribution in [0.2, 0.25) is 0 Å². The first kappa shape index (κ1) is 23.6. The van der Waals surface area contributed by atoms with E-state index in [0.29, 0.717) is 30.4 Å². The van der Waals surface area contributed by atoms with Crippen molar-refractivity contribution in [3.63, 3.8) is 0 Å². The Morgan fingerprint density at radius 3 is 2.49 bits per heavy atom. The molecule has 3 heterocycles. The number of aryl methyl sites for hydroxylation is 1. The second-order valence-corrected chi connectivity index (χ2v) is 11.5. The number of piperazine rings is 1. The van der Waals surface area contributed by atoms with E-state index in [1.165, 1.54) is 12.1 Å². The number of anilines is 1. The van der Waals surface area contributed by atoms with E-state index in [0.717, 1.165) is 28.7 Å². The summed E-state index contributed by atoms with van der Waals surface area (Å²) in [5.74, 6) is 0.0849. The van der Waals surface area contributed by atoms with Gasteiger partial charge >= 0.3 is 0 Å². The number of benzene rings is 2. The molecule has 0 saturated carbocycles.